The number of benzene rings is 2. The summed E-state index contributed by atoms with van der Waals surface area (Å²) in [6.07, 6.45) is 79.2. The summed E-state index contributed by atoms with van der Waals surface area (Å²) in [5, 5.41) is 0. The zero-order valence-corrected chi connectivity index (χ0v) is 67.8. The summed E-state index contributed by atoms with van der Waals surface area (Å²) in [5.74, 6) is -3.22. The van der Waals surface area contributed by atoms with E-state index < -0.39 is 53.9 Å². The maximum Gasteiger partial charge on any atom is 2.00 e. The monoisotopic (exact) mass is 1470 g/mol. The van der Waals surface area contributed by atoms with E-state index in [-0.39, 0.29) is 86.4 Å². The number of esters is 4. The number of ether oxygens (including phenoxy) is 4. The molecule has 14 nitrogen and oxygen atoms in total. The molecule has 0 aliphatic heterocycles. The molecule has 572 valence electrons. The van der Waals surface area contributed by atoms with Gasteiger partial charge in [0.1, 0.15) is 20.2 Å². The Morgan fingerprint density at radius 1 is 0.267 bits per heavy atom. The molecule has 0 atom stereocenters. The van der Waals surface area contributed by atoms with Gasteiger partial charge >= 0.3 is 61.6 Å². The van der Waals surface area contributed by atoms with Crippen molar-refractivity contribution in [2.45, 2.75) is 371 Å². The predicted octanol–water partition coefficient (Wildman–Crippen LogP) is 24.0. The Bertz CT molecular complexity index is 2540. The second kappa shape index (κ2) is 69.4. The first-order valence-corrected chi connectivity index (χ1v) is 42.9. The third-order valence-electron chi connectivity index (χ3n) is 18.0. The topological polar surface area (TPSA) is 220 Å². The molecule has 0 fully saturated rings. The molecule has 0 N–H and O–H groups in total. The van der Waals surface area contributed by atoms with Gasteiger partial charge in [0.05, 0.1) is 58.5 Å². The normalized spacial score (nSPS) is 11.8. The van der Waals surface area contributed by atoms with Crippen LogP contribution in [0.25, 0.3) is 0 Å². The molecule has 0 unspecified atom stereocenters. The molecule has 0 amide bonds. The van der Waals surface area contributed by atoms with Gasteiger partial charge in [0.2, 0.25) is 0 Å². The molecular weight excluding hydrogens is 1340 g/mol. The minimum absolute atomic E-state index is 0. The SMILES string of the molecule is CCCCCCCCCCCC/C=C/CCCOC(=O)c1ccc(S(=O)(=O)[O-])cc1C(=O)OCCC/C=C/CCCCCCCCCCCC.CCCCCCCCCCCC/C=C/CCCOC(=O)c1ccc(S(=O)(=O)[O-])cc1C(=O)OCCC/C=C/CCCCCCCCCCCC.[Ca+2]. The van der Waals surface area contributed by atoms with Crippen LogP contribution >= 0.6 is 0 Å². The van der Waals surface area contributed by atoms with Crippen LogP contribution in [0.3, 0.4) is 0 Å². The van der Waals surface area contributed by atoms with Gasteiger partial charge in [0.15, 0.2) is 0 Å². The molecule has 0 saturated heterocycles. The molecule has 0 heterocycles. The van der Waals surface area contributed by atoms with Gasteiger partial charge in [-0.3, -0.25) is 0 Å². The Kier molecular flexibility index (Phi) is 66.9. The van der Waals surface area contributed by atoms with Crippen LogP contribution in [0.15, 0.2) is 94.8 Å². The fourth-order valence-corrected chi connectivity index (χ4v) is 12.8. The second-order valence-electron chi connectivity index (χ2n) is 27.2. The quantitative estimate of drug-likeness (QED) is 0.0150. The number of unbranched alkanes of at least 4 members (excludes halogenated alkanes) is 44. The molecule has 0 spiro atoms. The molecule has 0 bridgehead atoms. The maximum atomic E-state index is 12.9. The minimum atomic E-state index is -4.82. The van der Waals surface area contributed by atoms with Crippen LogP contribution in [-0.2, 0) is 39.2 Å². The zero-order valence-electron chi connectivity index (χ0n) is 63.9. The fraction of sp³-hybridized carbons (Fsp3) is 0.714. The molecule has 2 aromatic carbocycles. The van der Waals surface area contributed by atoms with Gasteiger partial charge in [-0.15, -0.1) is 0 Å². The van der Waals surface area contributed by atoms with Crippen LogP contribution in [0.1, 0.15) is 403 Å². The molecule has 0 aliphatic carbocycles. The van der Waals surface area contributed by atoms with Crippen LogP contribution in [0, 0.1) is 0 Å². The molecular formula is C84H138CaO14S2. The molecule has 0 radical (unpaired) electrons. The third-order valence-corrected chi connectivity index (χ3v) is 19.7. The van der Waals surface area contributed by atoms with Crippen molar-refractivity contribution in [3.63, 3.8) is 0 Å². The number of hydrogen-bond acceptors (Lipinski definition) is 14. The summed E-state index contributed by atoms with van der Waals surface area (Å²) in [4.78, 5) is 50.2. The van der Waals surface area contributed by atoms with Crippen molar-refractivity contribution in [1.29, 1.82) is 0 Å². The molecule has 2 aromatic rings. The molecule has 0 aliphatic rings. The van der Waals surface area contributed by atoms with Crippen LogP contribution < -0.4 is 0 Å². The van der Waals surface area contributed by atoms with Crippen molar-refractivity contribution in [3.05, 3.63) is 107 Å². The van der Waals surface area contributed by atoms with Gasteiger partial charge < -0.3 is 28.1 Å². The standard InChI is InChI=1S/2C42H70O7S.Ca/c2*1-3-5-7-9-11-13-15-17-19-21-23-25-27-29-31-35-48-41(43)39-34-33-38(50(45,46)47)37-40(39)42(44)49-36-32-30-28-26-24-22-20-18-16-14-12-10-8-6-4-2;/h2*25-28,33-34,37H,3-24,29-32,35-36H2,1-2H3,(H,45,46,47);/q;;+2/p-2/b2*27-25+,28-26+;. The van der Waals surface area contributed by atoms with E-state index in [4.69, 9.17) is 18.9 Å². The van der Waals surface area contributed by atoms with Crippen molar-refractivity contribution in [3.8, 4) is 0 Å². The number of allylic oxidation sites excluding steroid dienone is 8. The summed E-state index contributed by atoms with van der Waals surface area (Å²) in [5.41, 5.74) is -0.787. The maximum absolute atomic E-state index is 12.9. The Morgan fingerprint density at radius 2 is 0.436 bits per heavy atom. The Morgan fingerprint density at radius 3 is 0.624 bits per heavy atom. The summed E-state index contributed by atoms with van der Waals surface area (Å²) in [6.45, 7) is 9.51. The molecule has 17 heteroatoms. The van der Waals surface area contributed by atoms with E-state index in [1.54, 1.807) is 0 Å². The van der Waals surface area contributed by atoms with E-state index in [1.165, 1.54) is 257 Å². The van der Waals surface area contributed by atoms with Gasteiger partial charge in [0.25, 0.3) is 0 Å². The largest absolute Gasteiger partial charge is 2.00 e. The third kappa shape index (κ3) is 57.3. The predicted molar refractivity (Wildman–Crippen MR) is 415 cm³/mol. The van der Waals surface area contributed by atoms with Crippen molar-refractivity contribution in [1.82, 2.24) is 0 Å². The molecule has 0 saturated carbocycles. The van der Waals surface area contributed by atoms with E-state index in [0.717, 1.165) is 87.8 Å². The molecule has 2 rings (SSSR count). The van der Waals surface area contributed by atoms with Crippen LogP contribution in [-0.4, -0.2) is 114 Å². The van der Waals surface area contributed by atoms with Gasteiger partial charge in [-0.1, -0.05) is 307 Å². The van der Waals surface area contributed by atoms with Crippen LogP contribution in [0.5, 0.6) is 0 Å². The first kappa shape index (κ1) is 97.4. The van der Waals surface area contributed by atoms with Gasteiger partial charge in [-0.05, 0) is 139 Å². The Hall–Kier alpha value is -3.64. The average Bonchev–Trinajstić information content (AvgIpc) is 0.819. The van der Waals surface area contributed by atoms with Crippen LogP contribution in [0.4, 0.5) is 0 Å². The van der Waals surface area contributed by atoms with E-state index in [0.29, 0.717) is 25.7 Å². The number of hydrogen-bond donors (Lipinski definition) is 0. The van der Waals surface area contributed by atoms with E-state index in [1.807, 2.05) is 0 Å². The summed E-state index contributed by atoms with van der Waals surface area (Å²) in [7, 11) is -9.65. The summed E-state index contributed by atoms with van der Waals surface area (Å²) >= 11 is 0. The number of carbonyl (C=O) groups is 4. The summed E-state index contributed by atoms with van der Waals surface area (Å²) in [6, 6.07) is 6.14. The first-order valence-electron chi connectivity index (χ1n) is 40.1. The van der Waals surface area contributed by atoms with E-state index in [9.17, 15) is 45.1 Å². The van der Waals surface area contributed by atoms with E-state index >= 15 is 0 Å². The smallest absolute Gasteiger partial charge is 0.744 e. The zero-order chi connectivity index (χ0) is 73.1. The summed E-state index contributed by atoms with van der Waals surface area (Å²) < 4.78 is 91.1. The Labute approximate surface area is 645 Å². The van der Waals surface area contributed by atoms with E-state index in [2.05, 4.69) is 76.3 Å². The fourth-order valence-electron chi connectivity index (χ4n) is 11.8. The van der Waals surface area contributed by atoms with Gasteiger partial charge in [0, 0.05) is 0 Å². The van der Waals surface area contributed by atoms with Crippen molar-refractivity contribution >= 4 is 81.9 Å². The molecule has 0 aromatic heterocycles. The first-order chi connectivity index (χ1) is 48.6. The number of rotatable bonds is 66. The van der Waals surface area contributed by atoms with Gasteiger partial charge in [-0.2, -0.15) is 0 Å². The Balaban J connectivity index is 0.00000196. The van der Waals surface area contributed by atoms with Gasteiger partial charge in [-0.25, -0.2) is 36.0 Å². The van der Waals surface area contributed by atoms with Crippen LogP contribution in [0.2, 0.25) is 0 Å². The average molecular weight is 1480 g/mol. The van der Waals surface area contributed by atoms with Crippen molar-refractivity contribution in [2.24, 2.45) is 0 Å². The molecule has 101 heavy (non-hydrogen) atoms. The van der Waals surface area contributed by atoms with Crippen molar-refractivity contribution in [2.75, 3.05) is 26.4 Å². The second-order valence-corrected chi connectivity index (χ2v) is 30.0. The van der Waals surface area contributed by atoms with Crippen molar-refractivity contribution < 1.29 is 64.1 Å². The minimum Gasteiger partial charge on any atom is -0.744 e. The number of carbonyl (C=O) groups excluding carboxylic acids is 4.